The first kappa shape index (κ1) is 17.5. The van der Waals surface area contributed by atoms with Crippen LogP contribution in [0.4, 0.5) is 18.9 Å². The van der Waals surface area contributed by atoms with Crippen LogP contribution in [0.25, 0.3) is 11.1 Å². The fourth-order valence-corrected chi connectivity index (χ4v) is 2.60. The Bertz CT molecular complexity index is 920. The maximum atomic E-state index is 12.5. The molecule has 2 aromatic carbocycles. The number of halogens is 4. The molecule has 0 aliphatic rings. The lowest BCUT2D eigenvalue weighted by Gasteiger charge is -2.18. The summed E-state index contributed by atoms with van der Waals surface area (Å²) in [5.74, 6) is -1.50. The molecule has 0 fully saturated rings. The Morgan fingerprint density at radius 1 is 1.20 bits per heavy atom. The number of rotatable bonds is 3. The highest BCUT2D eigenvalue weighted by Gasteiger charge is 2.41. The Labute approximate surface area is 149 Å². The van der Waals surface area contributed by atoms with Gasteiger partial charge in [0.1, 0.15) is 5.52 Å². The number of hydrogen-bond donors (Lipinski definition) is 0. The van der Waals surface area contributed by atoms with Gasteiger partial charge in [0.2, 0.25) is 0 Å². The van der Waals surface area contributed by atoms with E-state index in [1.807, 2.05) is 24.3 Å². The van der Waals surface area contributed by atoms with Crippen LogP contribution in [0.3, 0.4) is 0 Å². The number of hydrogen-bond acceptors (Lipinski definition) is 3. The van der Waals surface area contributed by atoms with Crippen molar-refractivity contribution in [3.05, 3.63) is 58.4 Å². The Morgan fingerprint density at radius 2 is 1.88 bits per heavy atom. The molecule has 0 saturated heterocycles. The Hall–Kier alpha value is -2.35. The van der Waals surface area contributed by atoms with Crippen molar-refractivity contribution in [2.45, 2.75) is 12.6 Å². The van der Waals surface area contributed by atoms with Gasteiger partial charge in [0, 0.05) is 23.6 Å². The Kier molecular flexibility index (Phi) is 4.55. The largest absolute Gasteiger partial charge is 0.471 e. The van der Waals surface area contributed by atoms with Gasteiger partial charge in [0.25, 0.3) is 0 Å². The minimum absolute atomic E-state index is 0.0957. The van der Waals surface area contributed by atoms with Crippen LogP contribution in [0.15, 0.2) is 51.4 Å². The van der Waals surface area contributed by atoms with E-state index < -0.39 is 12.1 Å². The number of carbonyl (C=O) groups excluding carboxylic acids is 1. The Balaban J connectivity index is 1.86. The van der Waals surface area contributed by atoms with Crippen molar-refractivity contribution < 1.29 is 22.4 Å². The first-order valence-corrected chi connectivity index (χ1v) is 8.02. The number of carbonyl (C=O) groups is 1. The van der Waals surface area contributed by atoms with Gasteiger partial charge in [-0.3, -0.25) is 4.79 Å². The van der Waals surface area contributed by atoms with E-state index in [9.17, 15) is 18.0 Å². The molecule has 0 saturated carbocycles. The minimum atomic E-state index is -4.93. The van der Waals surface area contributed by atoms with Gasteiger partial charge < -0.3 is 9.32 Å². The highest BCUT2D eigenvalue weighted by Crippen LogP contribution is 2.26. The number of fused-ring (bicyclic) bond motifs is 1. The third-order valence-electron chi connectivity index (χ3n) is 3.62. The van der Waals surface area contributed by atoms with Crippen molar-refractivity contribution in [2.75, 3.05) is 11.9 Å². The summed E-state index contributed by atoms with van der Waals surface area (Å²) < 4.78 is 44.2. The van der Waals surface area contributed by atoms with Gasteiger partial charge in [-0.05, 0) is 35.9 Å². The molecule has 0 aliphatic carbocycles. The summed E-state index contributed by atoms with van der Waals surface area (Å²) in [7, 11) is 1.07. The molecular weight excluding hydrogens is 401 g/mol. The zero-order chi connectivity index (χ0) is 18.2. The van der Waals surface area contributed by atoms with Crippen molar-refractivity contribution in [3.63, 3.8) is 0 Å². The van der Waals surface area contributed by atoms with E-state index in [0.29, 0.717) is 28.3 Å². The summed E-state index contributed by atoms with van der Waals surface area (Å²) in [6.45, 7) is 0. The summed E-state index contributed by atoms with van der Waals surface area (Å²) in [6.07, 6.45) is -4.48. The predicted molar refractivity (Wildman–Crippen MR) is 90.4 cm³/mol. The van der Waals surface area contributed by atoms with E-state index in [1.54, 1.807) is 0 Å². The summed E-state index contributed by atoms with van der Waals surface area (Å²) in [6, 6.07) is 11.9. The molecule has 4 nitrogen and oxygen atoms in total. The summed E-state index contributed by atoms with van der Waals surface area (Å²) >= 11 is 3.35. The molecule has 1 aromatic heterocycles. The molecule has 0 radical (unpaired) electrons. The van der Waals surface area contributed by atoms with E-state index in [4.69, 9.17) is 4.42 Å². The standard InChI is InChI=1S/C17H12BrF3N2O2/c1-23(16(24)17(19,20)21)12-6-7-14-13(9-12)22-15(25-14)8-10-2-4-11(18)5-3-10/h2-7,9H,8H2,1H3. The fraction of sp³-hybridized carbons (Fsp3) is 0.176. The molecule has 3 aromatic rings. The summed E-state index contributed by atoms with van der Waals surface area (Å²) in [4.78, 5) is 16.2. The lowest BCUT2D eigenvalue weighted by atomic mass is 10.1. The summed E-state index contributed by atoms with van der Waals surface area (Å²) in [5.41, 5.74) is 1.92. The molecule has 1 amide bonds. The van der Waals surface area contributed by atoms with Gasteiger partial charge >= 0.3 is 12.1 Å². The average Bonchev–Trinajstić information content (AvgIpc) is 2.96. The van der Waals surface area contributed by atoms with Crippen LogP contribution < -0.4 is 4.90 Å². The lowest BCUT2D eigenvalue weighted by Crippen LogP contribution is -2.38. The van der Waals surface area contributed by atoms with Crippen LogP contribution in [0, 0.1) is 0 Å². The molecule has 130 valence electrons. The zero-order valence-corrected chi connectivity index (χ0v) is 14.6. The van der Waals surface area contributed by atoms with E-state index in [-0.39, 0.29) is 5.69 Å². The van der Waals surface area contributed by atoms with Crippen molar-refractivity contribution in [1.82, 2.24) is 4.98 Å². The van der Waals surface area contributed by atoms with Gasteiger partial charge in [-0.2, -0.15) is 13.2 Å². The first-order valence-electron chi connectivity index (χ1n) is 7.23. The van der Waals surface area contributed by atoms with Gasteiger partial charge in [0.15, 0.2) is 11.5 Å². The molecule has 0 atom stereocenters. The smallest absolute Gasteiger partial charge is 0.440 e. The fourth-order valence-electron chi connectivity index (χ4n) is 2.33. The lowest BCUT2D eigenvalue weighted by molar-refractivity contribution is -0.170. The molecule has 0 spiro atoms. The third kappa shape index (κ3) is 3.84. The highest BCUT2D eigenvalue weighted by molar-refractivity contribution is 9.10. The molecule has 0 N–H and O–H groups in total. The van der Waals surface area contributed by atoms with E-state index in [0.717, 1.165) is 17.1 Å². The van der Waals surface area contributed by atoms with Crippen LogP contribution in [-0.4, -0.2) is 24.1 Å². The van der Waals surface area contributed by atoms with Crippen LogP contribution in [0.1, 0.15) is 11.5 Å². The van der Waals surface area contributed by atoms with E-state index >= 15 is 0 Å². The van der Waals surface area contributed by atoms with Gasteiger partial charge in [-0.1, -0.05) is 28.1 Å². The summed E-state index contributed by atoms with van der Waals surface area (Å²) in [5, 5.41) is 0. The van der Waals surface area contributed by atoms with Crippen LogP contribution in [-0.2, 0) is 11.2 Å². The second-order valence-electron chi connectivity index (χ2n) is 5.42. The molecule has 8 heteroatoms. The van der Waals surface area contributed by atoms with Gasteiger partial charge in [-0.25, -0.2) is 4.98 Å². The number of oxazole rings is 1. The SMILES string of the molecule is CN(C(=O)C(F)(F)F)c1ccc2oc(Cc3ccc(Br)cc3)nc2c1. The number of amides is 1. The van der Waals surface area contributed by atoms with Crippen LogP contribution in [0.2, 0.25) is 0 Å². The molecule has 1 heterocycles. The highest BCUT2D eigenvalue weighted by atomic mass is 79.9. The van der Waals surface area contributed by atoms with Crippen molar-refractivity contribution >= 4 is 38.6 Å². The van der Waals surface area contributed by atoms with Gasteiger partial charge in [-0.15, -0.1) is 0 Å². The van der Waals surface area contributed by atoms with Crippen LogP contribution >= 0.6 is 15.9 Å². The molecule has 0 unspecified atom stereocenters. The Morgan fingerprint density at radius 3 is 2.52 bits per heavy atom. The maximum absolute atomic E-state index is 12.5. The normalized spacial score (nSPS) is 11.7. The van der Waals surface area contributed by atoms with E-state index in [2.05, 4.69) is 20.9 Å². The van der Waals surface area contributed by atoms with Gasteiger partial charge in [0.05, 0.1) is 0 Å². The number of alkyl halides is 3. The number of nitrogens with zero attached hydrogens (tertiary/aromatic N) is 2. The quantitative estimate of drug-likeness (QED) is 0.625. The maximum Gasteiger partial charge on any atom is 0.471 e. The van der Waals surface area contributed by atoms with Crippen molar-refractivity contribution in [3.8, 4) is 0 Å². The second-order valence-corrected chi connectivity index (χ2v) is 6.34. The predicted octanol–water partition coefficient (Wildman–Crippen LogP) is 4.71. The first-order chi connectivity index (χ1) is 11.7. The van der Waals surface area contributed by atoms with Crippen LogP contribution in [0.5, 0.6) is 0 Å². The molecular formula is C17H12BrF3N2O2. The zero-order valence-electron chi connectivity index (χ0n) is 13.0. The molecule has 0 aliphatic heterocycles. The van der Waals surface area contributed by atoms with E-state index in [1.165, 1.54) is 18.2 Å². The number of aromatic nitrogens is 1. The second kappa shape index (κ2) is 6.51. The third-order valence-corrected chi connectivity index (χ3v) is 4.15. The number of benzene rings is 2. The number of anilines is 1. The monoisotopic (exact) mass is 412 g/mol. The molecule has 25 heavy (non-hydrogen) atoms. The van der Waals surface area contributed by atoms with Crippen molar-refractivity contribution in [1.29, 1.82) is 0 Å². The molecule has 0 bridgehead atoms. The average molecular weight is 413 g/mol. The topological polar surface area (TPSA) is 46.3 Å². The molecule has 3 rings (SSSR count). The minimum Gasteiger partial charge on any atom is -0.440 e. The van der Waals surface area contributed by atoms with Crippen molar-refractivity contribution in [2.24, 2.45) is 0 Å².